The minimum Gasteiger partial charge on any atom is -0.465 e. The smallest absolute Gasteiger partial charge is 0.337 e. The number of hydrogen-bond donors (Lipinski definition) is 1. The monoisotopic (exact) mass is 251 g/mol. The maximum absolute atomic E-state index is 11.4. The number of methoxy groups -OCH3 is 1. The van der Waals surface area contributed by atoms with Gasteiger partial charge in [-0.15, -0.1) is 0 Å². The van der Waals surface area contributed by atoms with Gasteiger partial charge in [0.1, 0.15) is 0 Å². The summed E-state index contributed by atoms with van der Waals surface area (Å²) in [6, 6.07) is 14.4. The highest BCUT2D eigenvalue weighted by molar-refractivity contribution is 5.89. The number of para-hydroxylation sites is 1. The number of nitrogens with two attached hydrogens (primary N) is 1. The van der Waals surface area contributed by atoms with Gasteiger partial charge in [0.05, 0.1) is 12.7 Å². The van der Waals surface area contributed by atoms with Crippen LogP contribution in [0, 0.1) is 11.8 Å². The van der Waals surface area contributed by atoms with E-state index in [-0.39, 0.29) is 5.97 Å². The molecule has 3 heteroatoms. The number of carbonyl (C=O) groups is 1. The summed E-state index contributed by atoms with van der Waals surface area (Å²) in [6.07, 6.45) is 0. The van der Waals surface area contributed by atoms with Crippen LogP contribution in [0.15, 0.2) is 48.5 Å². The molecule has 0 aliphatic carbocycles. The van der Waals surface area contributed by atoms with Crippen molar-refractivity contribution in [3.63, 3.8) is 0 Å². The molecule has 0 spiro atoms. The number of hydrogen-bond acceptors (Lipinski definition) is 3. The number of benzene rings is 2. The summed E-state index contributed by atoms with van der Waals surface area (Å²) in [5, 5.41) is 0. The van der Waals surface area contributed by atoms with Crippen molar-refractivity contribution in [2.75, 3.05) is 12.8 Å². The number of carbonyl (C=O) groups excluding carboxylic acids is 1. The van der Waals surface area contributed by atoms with E-state index < -0.39 is 0 Å². The van der Waals surface area contributed by atoms with Crippen LogP contribution in [0.2, 0.25) is 0 Å². The topological polar surface area (TPSA) is 52.3 Å². The Balaban J connectivity index is 2.30. The molecule has 2 aromatic carbocycles. The molecule has 0 saturated carbocycles. The van der Waals surface area contributed by atoms with Gasteiger partial charge in [0.2, 0.25) is 0 Å². The van der Waals surface area contributed by atoms with E-state index in [1.165, 1.54) is 7.11 Å². The van der Waals surface area contributed by atoms with Crippen molar-refractivity contribution < 1.29 is 9.53 Å². The molecule has 0 bridgehead atoms. The van der Waals surface area contributed by atoms with Gasteiger partial charge in [-0.3, -0.25) is 0 Å². The lowest BCUT2D eigenvalue weighted by Gasteiger charge is -1.99. The van der Waals surface area contributed by atoms with Crippen LogP contribution in [0.4, 0.5) is 5.69 Å². The van der Waals surface area contributed by atoms with Crippen LogP contribution in [0.3, 0.4) is 0 Å². The third kappa shape index (κ3) is 3.14. The van der Waals surface area contributed by atoms with Crippen molar-refractivity contribution in [1.29, 1.82) is 0 Å². The van der Waals surface area contributed by atoms with Crippen molar-refractivity contribution in [1.82, 2.24) is 0 Å². The Kier molecular flexibility index (Phi) is 3.84. The zero-order valence-electron chi connectivity index (χ0n) is 10.5. The Morgan fingerprint density at radius 1 is 1.11 bits per heavy atom. The number of anilines is 1. The van der Waals surface area contributed by atoms with Gasteiger partial charge in [0.15, 0.2) is 0 Å². The van der Waals surface area contributed by atoms with E-state index in [1.54, 1.807) is 24.3 Å². The molecule has 2 rings (SSSR count). The van der Waals surface area contributed by atoms with Crippen molar-refractivity contribution in [2.24, 2.45) is 0 Å². The Bertz CT molecular complexity index is 666. The highest BCUT2D eigenvalue weighted by atomic mass is 16.5. The second-order valence-electron chi connectivity index (χ2n) is 3.91. The van der Waals surface area contributed by atoms with E-state index >= 15 is 0 Å². The van der Waals surface area contributed by atoms with Gasteiger partial charge in [-0.25, -0.2) is 4.79 Å². The first-order chi connectivity index (χ1) is 9.20. The minimum atomic E-state index is -0.372. The number of esters is 1. The molecule has 0 radical (unpaired) electrons. The normalized spacial score (nSPS) is 9.32. The van der Waals surface area contributed by atoms with Crippen LogP contribution >= 0.6 is 0 Å². The molecule has 0 aliphatic heterocycles. The summed E-state index contributed by atoms with van der Waals surface area (Å²) in [5.41, 5.74) is 8.44. The first kappa shape index (κ1) is 12.7. The average molecular weight is 251 g/mol. The number of nitrogen functional groups attached to an aromatic ring is 1. The SMILES string of the molecule is COC(=O)c1cccc(C#Cc2ccccc2N)c1. The molecular weight excluding hydrogens is 238 g/mol. The molecule has 0 heterocycles. The first-order valence-electron chi connectivity index (χ1n) is 5.75. The first-order valence-corrected chi connectivity index (χ1v) is 5.75. The van der Waals surface area contributed by atoms with Gasteiger partial charge in [-0.1, -0.05) is 30.0 Å². The van der Waals surface area contributed by atoms with Crippen molar-refractivity contribution in [3.05, 3.63) is 65.2 Å². The molecule has 94 valence electrons. The molecule has 3 nitrogen and oxygen atoms in total. The van der Waals surface area contributed by atoms with Crippen molar-refractivity contribution >= 4 is 11.7 Å². The van der Waals surface area contributed by atoms with Gasteiger partial charge >= 0.3 is 5.97 Å². The average Bonchev–Trinajstić information content (AvgIpc) is 2.46. The molecule has 0 aliphatic rings. The number of rotatable bonds is 1. The summed E-state index contributed by atoms with van der Waals surface area (Å²) < 4.78 is 4.67. The van der Waals surface area contributed by atoms with E-state index in [4.69, 9.17) is 5.73 Å². The minimum absolute atomic E-state index is 0.372. The highest BCUT2D eigenvalue weighted by Gasteiger charge is 2.04. The molecule has 2 N–H and O–H groups in total. The van der Waals surface area contributed by atoms with Crippen LogP contribution in [-0.2, 0) is 4.74 Å². The summed E-state index contributed by atoms with van der Waals surface area (Å²) in [4.78, 5) is 11.4. The van der Waals surface area contributed by atoms with Crippen LogP contribution < -0.4 is 5.73 Å². The van der Waals surface area contributed by atoms with Crippen molar-refractivity contribution in [3.8, 4) is 11.8 Å². The quantitative estimate of drug-likeness (QED) is 0.481. The Morgan fingerprint density at radius 2 is 1.89 bits per heavy atom. The summed E-state index contributed by atoms with van der Waals surface area (Å²) in [7, 11) is 1.35. The zero-order chi connectivity index (χ0) is 13.7. The van der Waals surface area contributed by atoms with E-state index in [0.29, 0.717) is 11.3 Å². The molecule has 0 saturated heterocycles. The van der Waals surface area contributed by atoms with E-state index in [0.717, 1.165) is 11.1 Å². The molecule has 0 amide bonds. The molecule has 0 fully saturated rings. The second-order valence-corrected chi connectivity index (χ2v) is 3.91. The fourth-order valence-electron chi connectivity index (χ4n) is 1.59. The molecular formula is C16H13NO2. The third-order valence-corrected chi connectivity index (χ3v) is 2.59. The Hall–Kier alpha value is -2.73. The molecule has 2 aromatic rings. The maximum Gasteiger partial charge on any atom is 0.337 e. The fourth-order valence-corrected chi connectivity index (χ4v) is 1.59. The van der Waals surface area contributed by atoms with Gasteiger partial charge in [0, 0.05) is 16.8 Å². The van der Waals surface area contributed by atoms with Gasteiger partial charge in [0.25, 0.3) is 0 Å². The predicted molar refractivity (Wildman–Crippen MR) is 74.6 cm³/mol. The van der Waals surface area contributed by atoms with Crippen molar-refractivity contribution in [2.45, 2.75) is 0 Å². The predicted octanol–water partition coefficient (Wildman–Crippen LogP) is 2.46. The largest absolute Gasteiger partial charge is 0.465 e. The highest BCUT2D eigenvalue weighted by Crippen LogP contribution is 2.10. The van der Waals surface area contributed by atoms with Gasteiger partial charge < -0.3 is 10.5 Å². The fraction of sp³-hybridized carbons (Fsp3) is 0.0625. The van der Waals surface area contributed by atoms with Crippen LogP contribution in [-0.4, -0.2) is 13.1 Å². The van der Waals surface area contributed by atoms with Crippen LogP contribution in [0.5, 0.6) is 0 Å². The zero-order valence-corrected chi connectivity index (χ0v) is 10.5. The number of ether oxygens (including phenoxy) is 1. The van der Waals surface area contributed by atoms with E-state index in [2.05, 4.69) is 16.6 Å². The lowest BCUT2D eigenvalue weighted by molar-refractivity contribution is 0.0600. The Morgan fingerprint density at radius 3 is 2.63 bits per heavy atom. The molecule has 0 aromatic heterocycles. The van der Waals surface area contributed by atoms with E-state index in [1.807, 2.05) is 24.3 Å². The second kappa shape index (κ2) is 5.74. The molecule has 0 atom stereocenters. The summed E-state index contributed by atoms with van der Waals surface area (Å²) in [5.74, 6) is 5.60. The Labute approximate surface area is 112 Å². The van der Waals surface area contributed by atoms with E-state index in [9.17, 15) is 4.79 Å². The molecule has 19 heavy (non-hydrogen) atoms. The van der Waals surface area contributed by atoms with Crippen LogP contribution in [0.1, 0.15) is 21.5 Å². The maximum atomic E-state index is 11.4. The van der Waals surface area contributed by atoms with Crippen LogP contribution in [0.25, 0.3) is 0 Å². The van der Waals surface area contributed by atoms with Gasteiger partial charge in [-0.05, 0) is 30.3 Å². The third-order valence-electron chi connectivity index (χ3n) is 2.59. The van der Waals surface area contributed by atoms with Gasteiger partial charge in [-0.2, -0.15) is 0 Å². The standard InChI is InChI=1S/C16H13NO2/c1-19-16(18)14-7-4-5-12(11-14)9-10-13-6-2-3-8-15(13)17/h2-8,11H,17H2,1H3. The lowest BCUT2D eigenvalue weighted by atomic mass is 10.1. The molecule has 0 unspecified atom stereocenters. The summed E-state index contributed by atoms with van der Waals surface area (Å²) >= 11 is 0. The summed E-state index contributed by atoms with van der Waals surface area (Å²) in [6.45, 7) is 0. The lowest BCUT2D eigenvalue weighted by Crippen LogP contribution is -2.00.